The number of quaternary nitrogens is 1. The van der Waals surface area contributed by atoms with Crippen molar-refractivity contribution in [2.45, 2.75) is 257 Å². The molecule has 0 aliphatic rings. The second kappa shape index (κ2) is 59.8. The summed E-state index contributed by atoms with van der Waals surface area (Å²) in [5.74, 6) is -2.39. The number of carbonyl (C=O) groups excluding carboxylic acids is 3. The number of ether oxygens (including phenoxy) is 4. The van der Waals surface area contributed by atoms with Gasteiger partial charge in [0, 0.05) is 12.8 Å². The molecule has 0 aromatic rings. The van der Waals surface area contributed by atoms with Gasteiger partial charge in [0.2, 0.25) is 0 Å². The Kier molecular flexibility index (Phi) is 56.5. The molecule has 0 amide bonds. The highest BCUT2D eigenvalue weighted by Crippen LogP contribution is 2.17. The molecule has 0 rings (SSSR count). The van der Waals surface area contributed by atoms with Crippen LogP contribution in [0.15, 0.2) is 122 Å². The number of esters is 2. The van der Waals surface area contributed by atoms with Crippen molar-refractivity contribution in [2.75, 3.05) is 47.5 Å². The SMILES string of the molecule is CC/C=C\C/C=C\C/C=C\C/C=C\C/C=C\C/C=C\CCCCCCCCCCCCCCCCCCCCCCCCC(=O)OC(COC(=O)CC/C=C\C/C=C\C/C=C\C/C=C\CC)COC(OCC[N+](C)(C)C)C(=O)[O-]. The van der Waals surface area contributed by atoms with Crippen LogP contribution in [-0.2, 0) is 33.3 Å². The fourth-order valence-electron chi connectivity index (χ4n) is 8.44. The number of carbonyl (C=O) groups is 3. The van der Waals surface area contributed by atoms with E-state index in [-0.39, 0.29) is 32.7 Å². The van der Waals surface area contributed by atoms with Gasteiger partial charge >= 0.3 is 11.9 Å². The molecule has 0 spiro atoms. The minimum Gasteiger partial charge on any atom is -0.545 e. The summed E-state index contributed by atoms with van der Waals surface area (Å²) < 4.78 is 22.6. The molecule has 0 saturated heterocycles. The van der Waals surface area contributed by atoms with Crippen LogP contribution in [0.25, 0.3) is 0 Å². The lowest BCUT2D eigenvalue weighted by molar-refractivity contribution is -0.870. The van der Waals surface area contributed by atoms with Gasteiger partial charge < -0.3 is 33.3 Å². The Labute approximate surface area is 485 Å². The van der Waals surface area contributed by atoms with Gasteiger partial charge in [0.05, 0.1) is 40.3 Å². The fraction of sp³-hybridized carbons (Fsp3) is 0.671. The van der Waals surface area contributed by atoms with E-state index in [0.717, 1.165) is 83.5 Å². The van der Waals surface area contributed by atoms with Crippen LogP contribution in [0.2, 0.25) is 0 Å². The monoisotopic (exact) mass is 1100 g/mol. The van der Waals surface area contributed by atoms with E-state index in [1.165, 1.54) is 122 Å². The summed E-state index contributed by atoms with van der Waals surface area (Å²) in [7, 11) is 5.90. The zero-order chi connectivity index (χ0) is 57.6. The van der Waals surface area contributed by atoms with Crippen molar-refractivity contribution in [2.24, 2.45) is 0 Å². The molecule has 0 fully saturated rings. The number of hydrogen-bond donors (Lipinski definition) is 0. The van der Waals surface area contributed by atoms with E-state index >= 15 is 0 Å². The molecule has 0 heterocycles. The summed E-state index contributed by atoms with van der Waals surface area (Å²) in [6.45, 7) is 4.43. The molecule has 9 heteroatoms. The highest BCUT2D eigenvalue weighted by atomic mass is 16.7. The first-order valence-electron chi connectivity index (χ1n) is 31.7. The Balaban J connectivity index is 3.99. The second-order valence-corrected chi connectivity index (χ2v) is 21.9. The molecule has 0 aromatic carbocycles. The molecular weight excluding hydrogens is 983 g/mol. The van der Waals surface area contributed by atoms with E-state index in [2.05, 4.69) is 123 Å². The maximum absolute atomic E-state index is 12.9. The Morgan fingerprint density at radius 1 is 0.380 bits per heavy atom. The standard InChI is InChI=1S/C70H117NO8/c1-6-8-10-12-14-16-18-20-21-22-23-24-25-26-27-28-29-30-31-32-33-34-35-36-37-38-39-40-41-42-43-44-45-46-47-49-51-53-55-57-59-61-68(73)79-66(65-78-70(69(74)75)76-63-62-71(3,4)5)64-77-67(72)60-58-56-54-52-50-48-19-17-15-13-11-9-7-2/h8-11,14-17,20-21,23-24,26-27,29-30,48,50,54,56,66,70H,6-7,12-13,18-19,22,25,28,31-47,49,51-53,55,57-65H2,1-5H3/b10-8-,11-9-,16-14-,17-15-,21-20-,24-23-,27-26-,30-29-,50-48-,56-54-. The van der Waals surface area contributed by atoms with Crippen LogP contribution in [0.4, 0.5) is 0 Å². The van der Waals surface area contributed by atoms with Crippen molar-refractivity contribution in [3.8, 4) is 0 Å². The molecule has 0 aliphatic heterocycles. The lowest BCUT2D eigenvalue weighted by Gasteiger charge is -2.26. The minimum atomic E-state index is -1.64. The Morgan fingerprint density at radius 3 is 1.06 bits per heavy atom. The van der Waals surface area contributed by atoms with Crippen LogP contribution in [0.3, 0.4) is 0 Å². The van der Waals surface area contributed by atoms with Crippen LogP contribution < -0.4 is 5.11 Å². The molecule has 0 radical (unpaired) electrons. The third-order valence-electron chi connectivity index (χ3n) is 13.2. The van der Waals surface area contributed by atoms with Crippen molar-refractivity contribution < 1.29 is 42.9 Å². The number of nitrogens with zero attached hydrogens (tertiary/aromatic N) is 1. The third kappa shape index (κ3) is 61.2. The van der Waals surface area contributed by atoms with E-state index in [0.29, 0.717) is 23.9 Å². The highest BCUT2D eigenvalue weighted by Gasteiger charge is 2.22. The number of rotatable bonds is 57. The van der Waals surface area contributed by atoms with Crippen LogP contribution in [0.5, 0.6) is 0 Å². The van der Waals surface area contributed by atoms with Gasteiger partial charge in [-0.2, -0.15) is 0 Å². The molecule has 0 bridgehead atoms. The zero-order valence-corrected chi connectivity index (χ0v) is 51.2. The molecule has 0 aromatic heterocycles. The first-order valence-corrected chi connectivity index (χ1v) is 31.7. The van der Waals surface area contributed by atoms with Crippen LogP contribution in [0.1, 0.15) is 245 Å². The van der Waals surface area contributed by atoms with Crippen LogP contribution >= 0.6 is 0 Å². The van der Waals surface area contributed by atoms with E-state index < -0.39 is 30.3 Å². The molecule has 0 N–H and O–H groups in total. The molecule has 0 aliphatic carbocycles. The second-order valence-electron chi connectivity index (χ2n) is 21.9. The summed E-state index contributed by atoms with van der Waals surface area (Å²) in [5, 5.41) is 11.8. The third-order valence-corrected chi connectivity index (χ3v) is 13.2. The summed E-state index contributed by atoms with van der Waals surface area (Å²) in [6.07, 6.45) is 81.7. The van der Waals surface area contributed by atoms with Gasteiger partial charge in [-0.3, -0.25) is 9.59 Å². The van der Waals surface area contributed by atoms with Crippen molar-refractivity contribution in [1.82, 2.24) is 0 Å². The highest BCUT2D eigenvalue weighted by molar-refractivity contribution is 5.70. The maximum atomic E-state index is 12.9. The minimum absolute atomic E-state index is 0.134. The predicted molar refractivity (Wildman–Crippen MR) is 333 cm³/mol. The summed E-state index contributed by atoms with van der Waals surface area (Å²) >= 11 is 0. The maximum Gasteiger partial charge on any atom is 0.306 e. The fourth-order valence-corrected chi connectivity index (χ4v) is 8.44. The van der Waals surface area contributed by atoms with Gasteiger partial charge in [-0.1, -0.05) is 264 Å². The molecule has 0 saturated carbocycles. The Bertz CT molecular complexity index is 1710. The van der Waals surface area contributed by atoms with Crippen molar-refractivity contribution in [3.05, 3.63) is 122 Å². The topological polar surface area (TPSA) is 111 Å². The Hall–Kier alpha value is -4.31. The van der Waals surface area contributed by atoms with E-state index in [9.17, 15) is 19.5 Å². The average molecular weight is 1100 g/mol. The van der Waals surface area contributed by atoms with Gasteiger partial charge in [-0.05, 0) is 89.9 Å². The van der Waals surface area contributed by atoms with Gasteiger partial charge in [-0.15, -0.1) is 0 Å². The lowest BCUT2D eigenvalue weighted by atomic mass is 10.0. The van der Waals surface area contributed by atoms with E-state index in [4.69, 9.17) is 18.9 Å². The molecular formula is C70H117NO8. The number of unbranched alkanes of at least 4 members (excludes halogenated alkanes) is 22. The van der Waals surface area contributed by atoms with Crippen molar-refractivity contribution in [3.63, 3.8) is 0 Å². The van der Waals surface area contributed by atoms with Crippen molar-refractivity contribution >= 4 is 17.9 Å². The number of allylic oxidation sites excluding steroid dienone is 20. The molecule has 2 atom stereocenters. The van der Waals surface area contributed by atoms with E-state index in [1.807, 2.05) is 33.3 Å². The molecule has 9 nitrogen and oxygen atoms in total. The van der Waals surface area contributed by atoms with Crippen molar-refractivity contribution in [1.29, 1.82) is 0 Å². The normalized spacial score (nSPS) is 13.6. The number of likely N-dealkylation sites (N-methyl/N-ethyl adjacent to an activating group) is 1. The van der Waals surface area contributed by atoms with Gasteiger partial charge in [0.15, 0.2) is 12.4 Å². The smallest absolute Gasteiger partial charge is 0.306 e. The Morgan fingerprint density at radius 2 is 0.709 bits per heavy atom. The number of carboxylic acids is 1. The average Bonchev–Trinajstić information content (AvgIpc) is 3.42. The number of hydrogen-bond acceptors (Lipinski definition) is 8. The summed E-state index contributed by atoms with van der Waals surface area (Å²) in [5.41, 5.74) is 0. The lowest BCUT2D eigenvalue weighted by Crippen LogP contribution is -2.44. The number of aliphatic carboxylic acids is 1. The van der Waals surface area contributed by atoms with Gasteiger partial charge in [0.1, 0.15) is 13.2 Å². The molecule has 79 heavy (non-hydrogen) atoms. The summed E-state index contributed by atoms with van der Waals surface area (Å²) in [6, 6.07) is 0. The van der Waals surface area contributed by atoms with Crippen LogP contribution in [-0.4, -0.2) is 82.3 Å². The van der Waals surface area contributed by atoms with Crippen LogP contribution in [0, 0.1) is 0 Å². The quantitative estimate of drug-likeness (QED) is 0.0195. The van der Waals surface area contributed by atoms with Gasteiger partial charge in [0.25, 0.3) is 0 Å². The summed E-state index contributed by atoms with van der Waals surface area (Å²) in [4.78, 5) is 37.2. The van der Waals surface area contributed by atoms with Gasteiger partial charge in [-0.25, -0.2) is 0 Å². The zero-order valence-electron chi connectivity index (χ0n) is 51.2. The largest absolute Gasteiger partial charge is 0.545 e. The molecule has 450 valence electrons. The first-order chi connectivity index (χ1) is 38.6. The number of carboxylic acid groups (broad SMARTS) is 1. The van der Waals surface area contributed by atoms with E-state index in [1.54, 1.807) is 0 Å². The first kappa shape index (κ1) is 74.7. The predicted octanol–water partition coefficient (Wildman–Crippen LogP) is 17.9. The molecule has 2 unspecified atom stereocenters.